The Kier molecular flexibility index (Phi) is 5.08. The standard InChI is InChI=1S/C19H24N4O/c1-13-10-21-18(22-11-13)12-20-17-8-7-15(9-14(17)2)19(24)23-16-5-3-4-6-16/h7-11,16,20H,3-6,12H2,1-2H3,(H,23,24). The maximum absolute atomic E-state index is 12.3. The number of amides is 1. The highest BCUT2D eigenvalue weighted by molar-refractivity contribution is 5.95. The molecule has 24 heavy (non-hydrogen) atoms. The van der Waals surface area contributed by atoms with E-state index in [1.165, 1.54) is 12.8 Å². The lowest BCUT2D eigenvalue weighted by molar-refractivity contribution is 0.0938. The van der Waals surface area contributed by atoms with E-state index in [9.17, 15) is 4.79 Å². The molecule has 1 aromatic heterocycles. The van der Waals surface area contributed by atoms with Crippen LogP contribution in [0.5, 0.6) is 0 Å². The molecule has 1 aliphatic carbocycles. The lowest BCUT2D eigenvalue weighted by Gasteiger charge is -2.14. The van der Waals surface area contributed by atoms with E-state index in [4.69, 9.17) is 0 Å². The van der Waals surface area contributed by atoms with Crippen molar-refractivity contribution in [2.24, 2.45) is 0 Å². The molecule has 0 bridgehead atoms. The molecule has 5 heteroatoms. The number of aryl methyl sites for hydroxylation is 2. The molecule has 0 spiro atoms. The Hall–Kier alpha value is -2.43. The number of nitrogens with zero attached hydrogens (tertiary/aromatic N) is 2. The van der Waals surface area contributed by atoms with Crippen LogP contribution in [0.25, 0.3) is 0 Å². The highest BCUT2D eigenvalue weighted by Gasteiger charge is 2.18. The molecule has 0 aliphatic heterocycles. The monoisotopic (exact) mass is 324 g/mol. The fraction of sp³-hybridized carbons (Fsp3) is 0.421. The van der Waals surface area contributed by atoms with E-state index in [1.54, 1.807) is 0 Å². The Morgan fingerprint density at radius 3 is 2.54 bits per heavy atom. The Labute approximate surface area is 142 Å². The summed E-state index contributed by atoms with van der Waals surface area (Å²) in [5.41, 5.74) is 3.81. The Balaban J connectivity index is 1.61. The third-order valence-electron chi connectivity index (χ3n) is 4.45. The first kappa shape index (κ1) is 16.4. The summed E-state index contributed by atoms with van der Waals surface area (Å²) in [4.78, 5) is 20.9. The summed E-state index contributed by atoms with van der Waals surface area (Å²) >= 11 is 0. The minimum absolute atomic E-state index is 0.0263. The van der Waals surface area contributed by atoms with Crippen LogP contribution in [0.2, 0.25) is 0 Å². The van der Waals surface area contributed by atoms with Crippen LogP contribution in [0.4, 0.5) is 5.69 Å². The number of nitrogens with one attached hydrogen (secondary N) is 2. The van der Waals surface area contributed by atoms with Crippen LogP contribution in [-0.2, 0) is 6.54 Å². The van der Waals surface area contributed by atoms with Gasteiger partial charge in [-0.05, 0) is 56.0 Å². The summed E-state index contributed by atoms with van der Waals surface area (Å²) in [6.45, 7) is 4.54. The number of carbonyl (C=O) groups is 1. The van der Waals surface area contributed by atoms with Crippen LogP contribution in [0, 0.1) is 13.8 Å². The summed E-state index contributed by atoms with van der Waals surface area (Å²) in [6.07, 6.45) is 8.25. The van der Waals surface area contributed by atoms with Gasteiger partial charge in [-0.3, -0.25) is 4.79 Å². The van der Waals surface area contributed by atoms with Gasteiger partial charge in [0.15, 0.2) is 0 Å². The second-order valence-electron chi connectivity index (χ2n) is 6.51. The zero-order chi connectivity index (χ0) is 16.9. The molecule has 0 atom stereocenters. The molecule has 2 N–H and O–H groups in total. The van der Waals surface area contributed by atoms with Gasteiger partial charge in [0.2, 0.25) is 0 Å². The highest BCUT2D eigenvalue weighted by atomic mass is 16.1. The van der Waals surface area contributed by atoms with Gasteiger partial charge in [-0.2, -0.15) is 0 Å². The lowest BCUT2D eigenvalue weighted by atomic mass is 10.1. The van der Waals surface area contributed by atoms with E-state index in [-0.39, 0.29) is 5.91 Å². The van der Waals surface area contributed by atoms with Gasteiger partial charge in [-0.1, -0.05) is 12.8 Å². The molecule has 1 aromatic carbocycles. The molecule has 0 unspecified atom stereocenters. The fourth-order valence-corrected chi connectivity index (χ4v) is 3.03. The average molecular weight is 324 g/mol. The van der Waals surface area contributed by atoms with Crippen molar-refractivity contribution in [3.8, 4) is 0 Å². The van der Waals surface area contributed by atoms with Gasteiger partial charge in [0.25, 0.3) is 5.91 Å². The molecule has 126 valence electrons. The van der Waals surface area contributed by atoms with Crippen molar-refractivity contribution in [2.45, 2.75) is 52.1 Å². The smallest absolute Gasteiger partial charge is 0.251 e. The summed E-state index contributed by atoms with van der Waals surface area (Å²) in [6, 6.07) is 6.10. The Morgan fingerprint density at radius 1 is 1.17 bits per heavy atom. The Bertz CT molecular complexity index is 706. The van der Waals surface area contributed by atoms with Crippen LogP contribution in [0.1, 0.15) is 53.0 Å². The van der Waals surface area contributed by atoms with Gasteiger partial charge in [0, 0.05) is 29.7 Å². The van der Waals surface area contributed by atoms with Crippen molar-refractivity contribution in [3.05, 3.63) is 53.1 Å². The Morgan fingerprint density at radius 2 is 1.88 bits per heavy atom. The third kappa shape index (κ3) is 4.10. The third-order valence-corrected chi connectivity index (χ3v) is 4.45. The van der Waals surface area contributed by atoms with Crippen LogP contribution in [-0.4, -0.2) is 21.9 Å². The van der Waals surface area contributed by atoms with Crippen molar-refractivity contribution in [1.82, 2.24) is 15.3 Å². The molecule has 1 aliphatic rings. The molecule has 2 aromatic rings. The average Bonchev–Trinajstić information content (AvgIpc) is 3.08. The number of rotatable bonds is 5. The highest BCUT2D eigenvalue weighted by Crippen LogP contribution is 2.20. The van der Waals surface area contributed by atoms with Crippen molar-refractivity contribution < 1.29 is 4.79 Å². The number of anilines is 1. The van der Waals surface area contributed by atoms with Gasteiger partial charge >= 0.3 is 0 Å². The van der Waals surface area contributed by atoms with Crippen molar-refractivity contribution >= 4 is 11.6 Å². The minimum Gasteiger partial charge on any atom is -0.378 e. The van der Waals surface area contributed by atoms with Gasteiger partial charge in [0.1, 0.15) is 5.82 Å². The number of hydrogen-bond donors (Lipinski definition) is 2. The number of hydrogen-bond acceptors (Lipinski definition) is 4. The van der Waals surface area contributed by atoms with Crippen molar-refractivity contribution in [3.63, 3.8) is 0 Å². The molecule has 1 fully saturated rings. The van der Waals surface area contributed by atoms with Crippen LogP contribution >= 0.6 is 0 Å². The molecule has 3 rings (SSSR count). The summed E-state index contributed by atoms with van der Waals surface area (Å²) in [7, 11) is 0. The van der Waals surface area contributed by atoms with Gasteiger partial charge < -0.3 is 10.6 Å². The maximum atomic E-state index is 12.3. The van der Waals surface area contributed by atoms with Crippen molar-refractivity contribution in [1.29, 1.82) is 0 Å². The second kappa shape index (κ2) is 7.43. The lowest BCUT2D eigenvalue weighted by Crippen LogP contribution is -2.32. The van der Waals surface area contributed by atoms with E-state index >= 15 is 0 Å². The van der Waals surface area contributed by atoms with Crippen molar-refractivity contribution in [2.75, 3.05) is 5.32 Å². The molecular formula is C19H24N4O. The molecule has 1 amide bonds. The predicted octanol–water partition coefficient (Wildman–Crippen LogP) is 3.38. The topological polar surface area (TPSA) is 66.9 Å². The predicted molar refractivity (Wildman–Crippen MR) is 95.0 cm³/mol. The largest absolute Gasteiger partial charge is 0.378 e. The van der Waals surface area contributed by atoms with E-state index in [2.05, 4.69) is 20.6 Å². The van der Waals surface area contributed by atoms with E-state index in [0.717, 1.165) is 41.0 Å². The van der Waals surface area contributed by atoms with Crippen LogP contribution in [0.15, 0.2) is 30.6 Å². The molecular weight excluding hydrogens is 300 g/mol. The first-order valence-corrected chi connectivity index (χ1v) is 8.55. The molecule has 1 heterocycles. The number of benzene rings is 1. The fourth-order valence-electron chi connectivity index (χ4n) is 3.03. The maximum Gasteiger partial charge on any atom is 0.251 e. The zero-order valence-electron chi connectivity index (χ0n) is 14.3. The van der Waals surface area contributed by atoms with Gasteiger partial charge in [-0.15, -0.1) is 0 Å². The SMILES string of the molecule is Cc1cnc(CNc2ccc(C(=O)NC3CCCC3)cc2C)nc1. The minimum atomic E-state index is 0.0263. The van der Waals surface area contributed by atoms with Gasteiger partial charge in [0.05, 0.1) is 6.54 Å². The normalized spacial score (nSPS) is 14.6. The van der Waals surface area contributed by atoms with E-state index < -0.39 is 0 Å². The van der Waals surface area contributed by atoms with E-state index in [0.29, 0.717) is 12.6 Å². The molecule has 1 saturated carbocycles. The van der Waals surface area contributed by atoms with Gasteiger partial charge in [-0.25, -0.2) is 9.97 Å². The molecule has 0 radical (unpaired) electrons. The van der Waals surface area contributed by atoms with Crippen LogP contribution < -0.4 is 10.6 Å². The first-order chi connectivity index (χ1) is 11.6. The quantitative estimate of drug-likeness (QED) is 0.885. The molecule has 0 saturated heterocycles. The summed E-state index contributed by atoms with van der Waals surface area (Å²) in [5.74, 6) is 0.779. The van der Waals surface area contributed by atoms with Crippen LogP contribution in [0.3, 0.4) is 0 Å². The zero-order valence-corrected chi connectivity index (χ0v) is 14.3. The first-order valence-electron chi connectivity index (χ1n) is 8.55. The summed E-state index contributed by atoms with van der Waals surface area (Å²) in [5, 5.41) is 6.46. The second-order valence-corrected chi connectivity index (χ2v) is 6.51. The molecule has 5 nitrogen and oxygen atoms in total. The number of aromatic nitrogens is 2. The summed E-state index contributed by atoms with van der Waals surface area (Å²) < 4.78 is 0. The van der Waals surface area contributed by atoms with E-state index in [1.807, 2.05) is 44.4 Å². The number of carbonyl (C=O) groups excluding carboxylic acids is 1.